The van der Waals surface area contributed by atoms with Crippen molar-refractivity contribution in [3.63, 3.8) is 0 Å². The van der Waals surface area contributed by atoms with Gasteiger partial charge in [0.25, 0.3) is 5.91 Å². The molecule has 0 aliphatic rings. The van der Waals surface area contributed by atoms with Crippen LogP contribution in [0.4, 0.5) is 0 Å². The Morgan fingerprint density at radius 3 is 2.53 bits per heavy atom. The van der Waals surface area contributed by atoms with Gasteiger partial charge in [0, 0.05) is 5.02 Å². The van der Waals surface area contributed by atoms with Crippen molar-refractivity contribution in [2.45, 2.75) is 6.61 Å². The number of nitrogens with one attached hydrogen (secondary N) is 1. The van der Waals surface area contributed by atoms with Crippen molar-refractivity contribution < 1.29 is 14.3 Å². The number of nitrogens with zero attached hydrogens (tertiary/aromatic N) is 1. The molecule has 154 valence electrons. The number of carbonyl (C=O) groups excluding carboxylic acids is 1. The molecule has 0 aliphatic heterocycles. The second-order valence-electron chi connectivity index (χ2n) is 6.12. The highest BCUT2D eigenvalue weighted by Crippen LogP contribution is 2.31. The molecule has 0 saturated carbocycles. The molecule has 0 saturated heterocycles. The number of hydrogen-bond acceptors (Lipinski definition) is 4. The predicted octanol–water partition coefficient (Wildman–Crippen LogP) is 5.75. The van der Waals surface area contributed by atoms with Gasteiger partial charge in [-0.15, -0.1) is 0 Å². The van der Waals surface area contributed by atoms with Gasteiger partial charge < -0.3 is 9.47 Å². The van der Waals surface area contributed by atoms with Crippen LogP contribution in [0.25, 0.3) is 0 Å². The third kappa shape index (κ3) is 6.66. The van der Waals surface area contributed by atoms with E-state index in [0.29, 0.717) is 28.2 Å². The maximum absolute atomic E-state index is 11.9. The molecule has 1 amide bonds. The zero-order chi connectivity index (χ0) is 21.3. The van der Waals surface area contributed by atoms with Gasteiger partial charge in [0.1, 0.15) is 23.1 Å². The molecule has 0 fully saturated rings. The number of hydrazone groups is 1. The van der Waals surface area contributed by atoms with E-state index in [1.807, 2.05) is 48.5 Å². The third-order valence-electron chi connectivity index (χ3n) is 3.85. The summed E-state index contributed by atoms with van der Waals surface area (Å²) >= 11 is 17.8. The lowest BCUT2D eigenvalue weighted by atomic mass is 10.2. The molecule has 0 aromatic heterocycles. The van der Waals surface area contributed by atoms with Crippen LogP contribution in [0, 0.1) is 0 Å². The van der Waals surface area contributed by atoms with Gasteiger partial charge in [0.2, 0.25) is 0 Å². The smallest absolute Gasteiger partial charge is 0.277 e. The first-order valence-corrected chi connectivity index (χ1v) is 10.0. The van der Waals surface area contributed by atoms with E-state index in [1.54, 1.807) is 18.2 Å². The highest BCUT2D eigenvalue weighted by molar-refractivity contribution is 6.42. The van der Waals surface area contributed by atoms with E-state index >= 15 is 0 Å². The molecule has 0 spiro atoms. The van der Waals surface area contributed by atoms with Crippen LogP contribution in [0.1, 0.15) is 11.1 Å². The van der Waals surface area contributed by atoms with Gasteiger partial charge in [-0.1, -0.05) is 65.1 Å². The Morgan fingerprint density at radius 2 is 1.73 bits per heavy atom. The number of carbonyl (C=O) groups is 1. The first kappa shape index (κ1) is 22.0. The van der Waals surface area contributed by atoms with Crippen LogP contribution >= 0.6 is 34.8 Å². The zero-order valence-electron chi connectivity index (χ0n) is 15.6. The summed E-state index contributed by atoms with van der Waals surface area (Å²) in [7, 11) is 0. The van der Waals surface area contributed by atoms with E-state index in [4.69, 9.17) is 44.3 Å². The number of ether oxygens (including phenoxy) is 2. The Bertz CT molecular complexity index is 1040. The van der Waals surface area contributed by atoms with Gasteiger partial charge in [-0.3, -0.25) is 4.79 Å². The first-order chi connectivity index (χ1) is 14.5. The molecular weight excluding hydrogens is 447 g/mol. The topological polar surface area (TPSA) is 59.9 Å². The Balaban J connectivity index is 1.48. The number of amides is 1. The van der Waals surface area contributed by atoms with Crippen LogP contribution in [-0.4, -0.2) is 18.7 Å². The second-order valence-corrected chi connectivity index (χ2v) is 7.34. The summed E-state index contributed by atoms with van der Waals surface area (Å²) in [6.45, 7) is 0.166. The van der Waals surface area contributed by atoms with Gasteiger partial charge >= 0.3 is 0 Å². The molecule has 0 aliphatic carbocycles. The predicted molar refractivity (Wildman–Crippen MR) is 120 cm³/mol. The number of benzene rings is 3. The standard InChI is InChI=1S/C22H17Cl3N2O3/c23-17-9-7-15(8-10-17)13-29-18-4-1-3-16(11-18)12-26-27-21(28)14-30-20-6-2-5-19(24)22(20)25/h1-12H,13-14H2,(H,27,28)/b26-12+. The van der Waals surface area contributed by atoms with Crippen LogP contribution in [0.15, 0.2) is 71.8 Å². The normalized spacial score (nSPS) is 10.8. The number of hydrogen-bond donors (Lipinski definition) is 1. The van der Waals surface area contributed by atoms with Crippen LogP contribution in [0.3, 0.4) is 0 Å². The van der Waals surface area contributed by atoms with E-state index < -0.39 is 5.91 Å². The molecule has 3 rings (SSSR count). The van der Waals surface area contributed by atoms with Gasteiger partial charge in [0.15, 0.2) is 6.61 Å². The Kier molecular flexibility index (Phi) is 7.97. The number of rotatable bonds is 8. The molecule has 5 nitrogen and oxygen atoms in total. The van der Waals surface area contributed by atoms with Crippen LogP contribution < -0.4 is 14.9 Å². The Morgan fingerprint density at radius 1 is 0.967 bits per heavy atom. The third-order valence-corrected chi connectivity index (χ3v) is 4.91. The molecule has 1 N–H and O–H groups in total. The van der Waals surface area contributed by atoms with Crippen molar-refractivity contribution in [1.82, 2.24) is 5.43 Å². The minimum absolute atomic E-state index is 0.248. The fourth-order valence-corrected chi connectivity index (χ4v) is 2.85. The molecule has 0 unspecified atom stereocenters. The minimum atomic E-state index is -0.433. The van der Waals surface area contributed by atoms with Crippen LogP contribution in [-0.2, 0) is 11.4 Å². The quantitative estimate of drug-likeness (QED) is 0.341. The minimum Gasteiger partial charge on any atom is -0.489 e. The SMILES string of the molecule is O=C(COc1cccc(Cl)c1Cl)N/N=C/c1cccc(OCc2ccc(Cl)cc2)c1. The molecule has 0 heterocycles. The van der Waals surface area contributed by atoms with Crippen molar-refractivity contribution in [2.75, 3.05) is 6.61 Å². The van der Waals surface area contributed by atoms with E-state index in [1.165, 1.54) is 6.21 Å². The fourth-order valence-electron chi connectivity index (χ4n) is 2.38. The molecule has 0 atom stereocenters. The van der Waals surface area contributed by atoms with E-state index in [0.717, 1.165) is 11.1 Å². The molecule has 30 heavy (non-hydrogen) atoms. The molecule has 3 aromatic rings. The van der Waals surface area contributed by atoms with Gasteiger partial charge in [-0.05, 0) is 47.5 Å². The zero-order valence-corrected chi connectivity index (χ0v) is 17.9. The summed E-state index contributed by atoms with van der Waals surface area (Å²) in [6, 6.07) is 19.7. The highest BCUT2D eigenvalue weighted by atomic mass is 35.5. The second kappa shape index (κ2) is 10.9. The molecule has 8 heteroatoms. The molecule has 3 aromatic carbocycles. The number of halogens is 3. The van der Waals surface area contributed by atoms with E-state index in [-0.39, 0.29) is 11.6 Å². The molecular formula is C22H17Cl3N2O3. The van der Waals surface area contributed by atoms with Crippen molar-refractivity contribution in [3.8, 4) is 11.5 Å². The molecule has 0 radical (unpaired) electrons. The summed E-state index contributed by atoms with van der Waals surface area (Å²) in [5.41, 5.74) is 4.17. The lowest BCUT2D eigenvalue weighted by Gasteiger charge is -2.08. The average Bonchev–Trinajstić information content (AvgIpc) is 2.75. The van der Waals surface area contributed by atoms with Gasteiger partial charge in [0.05, 0.1) is 11.2 Å². The summed E-state index contributed by atoms with van der Waals surface area (Å²) < 4.78 is 11.1. The van der Waals surface area contributed by atoms with E-state index in [9.17, 15) is 4.79 Å². The summed E-state index contributed by atoms with van der Waals surface area (Å²) in [5, 5.41) is 5.22. The summed E-state index contributed by atoms with van der Waals surface area (Å²) in [6.07, 6.45) is 1.51. The monoisotopic (exact) mass is 462 g/mol. The largest absolute Gasteiger partial charge is 0.489 e. The van der Waals surface area contributed by atoms with Crippen molar-refractivity contribution >= 4 is 46.9 Å². The Hall–Kier alpha value is -2.73. The molecule has 0 bridgehead atoms. The van der Waals surface area contributed by atoms with Gasteiger partial charge in [-0.2, -0.15) is 5.10 Å². The lowest BCUT2D eigenvalue weighted by Crippen LogP contribution is -2.24. The Labute approximate surface area is 189 Å². The van der Waals surface area contributed by atoms with Crippen molar-refractivity contribution in [1.29, 1.82) is 0 Å². The summed E-state index contributed by atoms with van der Waals surface area (Å²) in [5.74, 6) is 0.574. The summed E-state index contributed by atoms with van der Waals surface area (Å²) in [4.78, 5) is 11.9. The van der Waals surface area contributed by atoms with Crippen molar-refractivity contribution in [3.05, 3.63) is 92.9 Å². The first-order valence-electron chi connectivity index (χ1n) is 8.87. The average molecular weight is 464 g/mol. The van der Waals surface area contributed by atoms with E-state index in [2.05, 4.69) is 10.5 Å². The maximum atomic E-state index is 11.9. The van der Waals surface area contributed by atoms with Gasteiger partial charge in [-0.25, -0.2) is 5.43 Å². The van der Waals surface area contributed by atoms with Crippen LogP contribution in [0.5, 0.6) is 11.5 Å². The lowest BCUT2D eigenvalue weighted by molar-refractivity contribution is -0.123. The maximum Gasteiger partial charge on any atom is 0.277 e. The highest BCUT2D eigenvalue weighted by Gasteiger charge is 2.07. The fraction of sp³-hybridized carbons (Fsp3) is 0.0909. The van der Waals surface area contributed by atoms with Crippen molar-refractivity contribution in [2.24, 2.45) is 5.10 Å². The van der Waals surface area contributed by atoms with Crippen LogP contribution in [0.2, 0.25) is 15.1 Å².